The van der Waals surface area contributed by atoms with E-state index in [9.17, 15) is 4.79 Å². The van der Waals surface area contributed by atoms with Crippen LogP contribution in [-0.2, 0) is 0 Å². The van der Waals surface area contributed by atoms with Crippen molar-refractivity contribution in [3.63, 3.8) is 0 Å². The molecule has 0 atom stereocenters. The van der Waals surface area contributed by atoms with Gasteiger partial charge in [0.1, 0.15) is 11.3 Å². The number of nitrogens with two attached hydrogens (primary N) is 1. The summed E-state index contributed by atoms with van der Waals surface area (Å²) in [6, 6.07) is 1.67. The number of hydrogen-bond donors (Lipinski definition) is 1. The molecule has 0 fully saturated rings. The number of hydrogen-bond acceptors (Lipinski definition) is 5. The van der Waals surface area contributed by atoms with Crippen LogP contribution in [0, 0.1) is 0 Å². The van der Waals surface area contributed by atoms with Crippen molar-refractivity contribution < 1.29 is 19.0 Å². The summed E-state index contributed by atoms with van der Waals surface area (Å²) in [5.41, 5.74) is 5.66. The van der Waals surface area contributed by atoms with Crippen LogP contribution in [0.15, 0.2) is 10.5 Å². The average Bonchev–Trinajstić information content (AvgIpc) is 2.36. The predicted octanol–water partition coefficient (Wildman–Crippen LogP) is 1.62. The van der Waals surface area contributed by atoms with Gasteiger partial charge in [-0.1, -0.05) is 0 Å². The molecule has 0 heterocycles. The van der Waals surface area contributed by atoms with E-state index >= 15 is 0 Å². The zero-order valence-electron chi connectivity index (χ0n) is 9.87. The standard InChI is InChI=1S/C11H14BrNO4/c1-15-8-4-6(12)10(16-2)9(7(14)5-13)11(8)17-3/h4H,5,13H2,1-3H3. The second kappa shape index (κ2) is 5.88. The first-order valence-corrected chi connectivity index (χ1v) is 5.61. The molecule has 1 aromatic rings. The average molecular weight is 304 g/mol. The third-order valence-corrected chi connectivity index (χ3v) is 2.83. The molecule has 0 bridgehead atoms. The first-order chi connectivity index (χ1) is 8.10. The van der Waals surface area contributed by atoms with Crippen LogP contribution in [0.4, 0.5) is 0 Å². The van der Waals surface area contributed by atoms with Crippen molar-refractivity contribution in [1.82, 2.24) is 0 Å². The molecular formula is C11H14BrNO4. The Balaban J connectivity index is 3.58. The van der Waals surface area contributed by atoms with Gasteiger partial charge >= 0.3 is 0 Å². The highest BCUT2D eigenvalue weighted by atomic mass is 79.9. The number of Topliss-reactive ketones (excluding diaryl/α,β-unsaturated/α-hetero) is 1. The molecule has 6 heteroatoms. The minimum atomic E-state index is -0.279. The topological polar surface area (TPSA) is 70.8 Å². The maximum absolute atomic E-state index is 11.8. The molecule has 2 N–H and O–H groups in total. The van der Waals surface area contributed by atoms with Crippen LogP contribution in [-0.4, -0.2) is 33.7 Å². The number of methoxy groups -OCH3 is 3. The number of halogens is 1. The summed E-state index contributed by atoms with van der Waals surface area (Å²) in [4.78, 5) is 11.8. The molecule has 5 nitrogen and oxygen atoms in total. The van der Waals surface area contributed by atoms with E-state index in [-0.39, 0.29) is 17.9 Å². The van der Waals surface area contributed by atoms with Crippen molar-refractivity contribution >= 4 is 21.7 Å². The molecule has 0 aliphatic heterocycles. The van der Waals surface area contributed by atoms with Crippen LogP contribution in [0.25, 0.3) is 0 Å². The lowest BCUT2D eigenvalue weighted by atomic mass is 10.1. The molecule has 0 aliphatic rings. The third-order valence-electron chi connectivity index (χ3n) is 2.25. The molecule has 0 spiro atoms. The Morgan fingerprint density at radius 3 is 2.24 bits per heavy atom. The Bertz CT molecular complexity index is 434. The van der Waals surface area contributed by atoms with Crippen LogP contribution in [0.2, 0.25) is 0 Å². The summed E-state index contributed by atoms with van der Waals surface area (Å²) < 4.78 is 16.1. The fourth-order valence-electron chi connectivity index (χ4n) is 1.50. The molecule has 17 heavy (non-hydrogen) atoms. The van der Waals surface area contributed by atoms with Crippen LogP contribution >= 0.6 is 15.9 Å². The van der Waals surface area contributed by atoms with Crippen LogP contribution < -0.4 is 19.9 Å². The van der Waals surface area contributed by atoms with Gasteiger partial charge in [0.05, 0.1) is 32.3 Å². The van der Waals surface area contributed by atoms with Gasteiger partial charge in [-0.15, -0.1) is 0 Å². The smallest absolute Gasteiger partial charge is 0.184 e. The summed E-state index contributed by atoms with van der Waals surface area (Å²) in [7, 11) is 4.42. The Morgan fingerprint density at radius 2 is 1.82 bits per heavy atom. The minimum Gasteiger partial charge on any atom is -0.495 e. The van der Waals surface area contributed by atoms with Gasteiger partial charge in [0.25, 0.3) is 0 Å². The van der Waals surface area contributed by atoms with Crippen molar-refractivity contribution in [3.8, 4) is 17.2 Å². The summed E-state index contributed by atoms with van der Waals surface area (Å²) in [5.74, 6) is 0.872. The number of carbonyl (C=O) groups is 1. The number of carbonyl (C=O) groups excluding carboxylic acids is 1. The zero-order chi connectivity index (χ0) is 13.0. The lowest BCUT2D eigenvalue weighted by Gasteiger charge is -2.16. The highest BCUT2D eigenvalue weighted by molar-refractivity contribution is 9.10. The van der Waals surface area contributed by atoms with E-state index in [0.29, 0.717) is 21.7 Å². The Kier molecular flexibility index (Phi) is 4.77. The predicted molar refractivity (Wildman–Crippen MR) is 67.2 cm³/mol. The van der Waals surface area contributed by atoms with Gasteiger partial charge in [0, 0.05) is 6.07 Å². The summed E-state index contributed by atoms with van der Waals surface area (Å²) in [5, 5.41) is 0. The van der Waals surface area contributed by atoms with E-state index in [1.54, 1.807) is 6.07 Å². The van der Waals surface area contributed by atoms with Gasteiger partial charge in [-0.05, 0) is 15.9 Å². The molecule has 1 rings (SSSR count). The van der Waals surface area contributed by atoms with Gasteiger partial charge in [0.2, 0.25) is 0 Å². The van der Waals surface area contributed by atoms with Crippen molar-refractivity contribution in [3.05, 3.63) is 16.1 Å². The first-order valence-electron chi connectivity index (χ1n) is 4.82. The SMILES string of the molecule is COc1cc(Br)c(OC)c(C(=O)CN)c1OC. The van der Waals surface area contributed by atoms with E-state index < -0.39 is 0 Å². The molecule has 0 saturated carbocycles. The highest BCUT2D eigenvalue weighted by Gasteiger charge is 2.24. The van der Waals surface area contributed by atoms with Crippen molar-refractivity contribution in [2.45, 2.75) is 0 Å². The van der Waals surface area contributed by atoms with Crippen LogP contribution in [0.5, 0.6) is 17.2 Å². The molecule has 94 valence electrons. The summed E-state index contributed by atoms with van der Waals surface area (Å²) in [6.07, 6.45) is 0. The second-order valence-electron chi connectivity index (χ2n) is 3.13. The Hall–Kier alpha value is -1.27. The number of ketones is 1. The molecule has 0 radical (unpaired) electrons. The van der Waals surface area contributed by atoms with Crippen molar-refractivity contribution in [2.75, 3.05) is 27.9 Å². The molecule has 0 aliphatic carbocycles. The van der Waals surface area contributed by atoms with Gasteiger partial charge in [-0.2, -0.15) is 0 Å². The fourth-order valence-corrected chi connectivity index (χ4v) is 2.07. The zero-order valence-corrected chi connectivity index (χ0v) is 11.5. The van der Waals surface area contributed by atoms with E-state index in [0.717, 1.165) is 0 Å². The largest absolute Gasteiger partial charge is 0.495 e. The number of ether oxygens (including phenoxy) is 3. The molecule has 0 amide bonds. The van der Waals surface area contributed by atoms with E-state index in [1.165, 1.54) is 21.3 Å². The second-order valence-corrected chi connectivity index (χ2v) is 3.98. The van der Waals surface area contributed by atoms with Gasteiger partial charge in [-0.3, -0.25) is 4.79 Å². The Morgan fingerprint density at radius 1 is 1.24 bits per heavy atom. The van der Waals surface area contributed by atoms with Gasteiger partial charge in [0.15, 0.2) is 17.3 Å². The fraction of sp³-hybridized carbons (Fsp3) is 0.364. The van der Waals surface area contributed by atoms with Crippen LogP contribution in [0.3, 0.4) is 0 Å². The third kappa shape index (κ3) is 2.53. The number of benzene rings is 1. The van der Waals surface area contributed by atoms with E-state index in [2.05, 4.69) is 15.9 Å². The lowest BCUT2D eigenvalue weighted by Crippen LogP contribution is -2.16. The van der Waals surface area contributed by atoms with E-state index in [1.807, 2.05) is 0 Å². The first kappa shape index (κ1) is 13.8. The Labute approximate surface area is 108 Å². The monoisotopic (exact) mass is 303 g/mol. The molecule has 0 unspecified atom stereocenters. The highest BCUT2D eigenvalue weighted by Crippen LogP contribution is 2.42. The number of rotatable bonds is 5. The molecule has 0 aromatic heterocycles. The molecule has 0 saturated heterocycles. The normalized spacial score (nSPS) is 9.94. The molecule has 1 aromatic carbocycles. The van der Waals surface area contributed by atoms with Crippen molar-refractivity contribution in [2.24, 2.45) is 5.73 Å². The maximum atomic E-state index is 11.8. The van der Waals surface area contributed by atoms with Crippen LogP contribution in [0.1, 0.15) is 10.4 Å². The van der Waals surface area contributed by atoms with Gasteiger partial charge < -0.3 is 19.9 Å². The van der Waals surface area contributed by atoms with Gasteiger partial charge in [-0.25, -0.2) is 0 Å². The molecular weight excluding hydrogens is 290 g/mol. The summed E-state index contributed by atoms with van der Waals surface area (Å²) >= 11 is 3.31. The quantitative estimate of drug-likeness (QED) is 0.837. The van der Waals surface area contributed by atoms with E-state index in [4.69, 9.17) is 19.9 Å². The maximum Gasteiger partial charge on any atom is 0.184 e. The van der Waals surface area contributed by atoms with Crippen molar-refractivity contribution in [1.29, 1.82) is 0 Å². The minimum absolute atomic E-state index is 0.133. The lowest BCUT2D eigenvalue weighted by molar-refractivity contribution is 0.0994. The summed E-state index contributed by atoms with van der Waals surface area (Å²) in [6.45, 7) is -0.133.